The molecule has 92 valence electrons. The van der Waals surface area contributed by atoms with Crippen LogP contribution in [0.1, 0.15) is 11.7 Å². The Hall–Kier alpha value is -2.00. The first kappa shape index (κ1) is 11.1. The fraction of sp³-hybridized carbons (Fsp3) is 0.200. The van der Waals surface area contributed by atoms with Gasteiger partial charge in [-0.15, -0.1) is 0 Å². The molecule has 0 radical (unpaired) electrons. The van der Waals surface area contributed by atoms with Gasteiger partial charge in [-0.3, -0.25) is 0 Å². The van der Waals surface area contributed by atoms with Gasteiger partial charge in [0, 0.05) is 0 Å². The van der Waals surface area contributed by atoms with E-state index in [4.69, 9.17) is 9.47 Å². The molecule has 2 aromatic carbocycles. The van der Waals surface area contributed by atoms with E-state index in [9.17, 15) is 5.11 Å². The second kappa shape index (κ2) is 4.70. The van der Waals surface area contributed by atoms with Crippen LogP contribution in [0.5, 0.6) is 11.5 Å². The molecule has 2 unspecified atom stereocenters. The standard InChI is InChI=1S/C15H14O3/c16-15(11-6-2-1-3-7-11)14-10-17-12-8-4-5-9-13(12)18-14/h1-9,14-16H,10H2. The molecule has 2 aromatic rings. The van der Waals surface area contributed by atoms with Crippen molar-refractivity contribution < 1.29 is 14.6 Å². The third-order valence-corrected chi connectivity index (χ3v) is 3.02. The Morgan fingerprint density at radius 1 is 0.944 bits per heavy atom. The van der Waals surface area contributed by atoms with Gasteiger partial charge in [0.15, 0.2) is 17.6 Å². The summed E-state index contributed by atoms with van der Waals surface area (Å²) in [4.78, 5) is 0. The summed E-state index contributed by atoms with van der Waals surface area (Å²) in [6, 6.07) is 17.0. The summed E-state index contributed by atoms with van der Waals surface area (Å²) in [7, 11) is 0. The molecule has 1 aliphatic heterocycles. The van der Waals surface area contributed by atoms with E-state index in [0.717, 1.165) is 11.3 Å². The normalized spacial score (nSPS) is 19.3. The Morgan fingerprint density at radius 3 is 2.39 bits per heavy atom. The lowest BCUT2D eigenvalue weighted by atomic mass is 10.0. The average molecular weight is 242 g/mol. The number of aliphatic hydroxyl groups is 1. The highest BCUT2D eigenvalue weighted by atomic mass is 16.6. The summed E-state index contributed by atoms with van der Waals surface area (Å²) in [6.07, 6.45) is -1.05. The molecule has 1 N–H and O–H groups in total. The molecule has 2 atom stereocenters. The van der Waals surface area contributed by atoms with Crippen LogP contribution in [0.3, 0.4) is 0 Å². The molecule has 1 aliphatic rings. The van der Waals surface area contributed by atoms with Crippen molar-refractivity contribution in [3.8, 4) is 11.5 Å². The zero-order valence-electron chi connectivity index (χ0n) is 9.82. The molecule has 1 heterocycles. The predicted octanol–water partition coefficient (Wildman–Crippen LogP) is 2.56. The third-order valence-electron chi connectivity index (χ3n) is 3.02. The van der Waals surface area contributed by atoms with Crippen LogP contribution >= 0.6 is 0 Å². The molecule has 0 amide bonds. The molecule has 0 aromatic heterocycles. The quantitative estimate of drug-likeness (QED) is 0.879. The summed E-state index contributed by atoms with van der Waals surface area (Å²) in [5, 5.41) is 10.3. The number of benzene rings is 2. The van der Waals surface area contributed by atoms with Gasteiger partial charge >= 0.3 is 0 Å². The van der Waals surface area contributed by atoms with Crippen molar-refractivity contribution >= 4 is 0 Å². The molecule has 3 heteroatoms. The van der Waals surface area contributed by atoms with Crippen LogP contribution in [-0.2, 0) is 0 Å². The van der Waals surface area contributed by atoms with Gasteiger partial charge in [-0.25, -0.2) is 0 Å². The molecule has 18 heavy (non-hydrogen) atoms. The molecule has 0 saturated carbocycles. The second-order valence-electron chi connectivity index (χ2n) is 4.27. The van der Waals surface area contributed by atoms with Gasteiger partial charge in [-0.05, 0) is 17.7 Å². The molecule has 3 rings (SSSR count). The number of ether oxygens (including phenoxy) is 2. The fourth-order valence-corrected chi connectivity index (χ4v) is 2.06. The van der Waals surface area contributed by atoms with E-state index in [2.05, 4.69) is 0 Å². The van der Waals surface area contributed by atoms with Gasteiger partial charge in [0.25, 0.3) is 0 Å². The van der Waals surface area contributed by atoms with Crippen LogP contribution < -0.4 is 9.47 Å². The predicted molar refractivity (Wildman–Crippen MR) is 67.8 cm³/mol. The lowest BCUT2D eigenvalue weighted by Gasteiger charge is -2.29. The minimum absolute atomic E-state index is 0.354. The molecule has 0 aliphatic carbocycles. The minimum Gasteiger partial charge on any atom is -0.486 e. The Morgan fingerprint density at radius 2 is 1.61 bits per heavy atom. The Labute approximate surface area is 106 Å². The molecule has 0 saturated heterocycles. The summed E-state index contributed by atoms with van der Waals surface area (Å²) >= 11 is 0. The Balaban J connectivity index is 1.80. The van der Waals surface area contributed by atoms with Gasteiger partial charge in [-0.2, -0.15) is 0 Å². The highest BCUT2D eigenvalue weighted by Gasteiger charge is 2.28. The Kier molecular flexibility index (Phi) is 2.90. The molecule has 0 spiro atoms. The van der Waals surface area contributed by atoms with E-state index < -0.39 is 6.10 Å². The van der Waals surface area contributed by atoms with Gasteiger partial charge in [0.1, 0.15) is 12.7 Å². The fourth-order valence-electron chi connectivity index (χ4n) is 2.06. The minimum atomic E-state index is -0.681. The van der Waals surface area contributed by atoms with Crippen molar-refractivity contribution in [1.82, 2.24) is 0 Å². The number of aliphatic hydroxyl groups excluding tert-OH is 1. The number of rotatable bonds is 2. The van der Waals surface area contributed by atoms with Gasteiger partial charge in [0.2, 0.25) is 0 Å². The van der Waals surface area contributed by atoms with Crippen LogP contribution in [0.2, 0.25) is 0 Å². The summed E-state index contributed by atoms with van der Waals surface area (Å²) in [5.74, 6) is 1.41. The van der Waals surface area contributed by atoms with Crippen LogP contribution in [0.4, 0.5) is 0 Å². The largest absolute Gasteiger partial charge is 0.486 e. The topological polar surface area (TPSA) is 38.7 Å². The monoisotopic (exact) mass is 242 g/mol. The van der Waals surface area contributed by atoms with Gasteiger partial charge in [0.05, 0.1) is 0 Å². The van der Waals surface area contributed by atoms with E-state index in [0.29, 0.717) is 12.4 Å². The SMILES string of the molecule is OC(c1ccccc1)C1COc2ccccc2O1. The van der Waals surface area contributed by atoms with E-state index >= 15 is 0 Å². The average Bonchev–Trinajstić information content (AvgIpc) is 2.47. The van der Waals surface area contributed by atoms with Crippen molar-refractivity contribution in [3.05, 3.63) is 60.2 Å². The zero-order chi connectivity index (χ0) is 12.4. The first-order valence-corrected chi connectivity index (χ1v) is 5.96. The maximum atomic E-state index is 10.3. The maximum Gasteiger partial charge on any atom is 0.163 e. The Bertz CT molecular complexity index is 524. The maximum absolute atomic E-state index is 10.3. The van der Waals surface area contributed by atoms with Crippen LogP contribution in [0.25, 0.3) is 0 Å². The second-order valence-corrected chi connectivity index (χ2v) is 4.27. The lowest BCUT2D eigenvalue weighted by molar-refractivity contribution is -0.0113. The van der Waals surface area contributed by atoms with Crippen LogP contribution in [0, 0.1) is 0 Å². The molecular formula is C15H14O3. The van der Waals surface area contributed by atoms with Crippen molar-refractivity contribution in [2.45, 2.75) is 12.2 Å². The molecule has 0 bridgehead atoms. The van der Waals surface area contributed by atoms with Crippen molar-refractivity contribution in [2.24, 2.45) is 0 Å². The van der Waals surface area contributed by atoms with Crippen molar-refractivity contribution in [2.75, 3.05) is 6.61 Å². The number of hydrogen-bond donors (Lipinski definition) is 1. The third kappa shape index (κ3) is 2.05. The number of hydrogen-bond acceptors (Lipinski definition) is 3. The first-order valence-electron chi connectivity index (χ1n) is 5.96. The summed E-state index contributed by atoms with van der Waals surface area (Å²) < 4.78 is 11.4. The molecule has 3 nitrogen and oxygen atoms in total. The number of para-hydroxylation sites is 2. The summed E-state index contributed by atoms with van der Waals surface area (Å²) in [6.45, 7) is 0.354. The van der Waals surface area contributed by atoms with Crippen molar-refractivity contribution in [1.29, 1.82) is 0 Å². The van der Waals surface area contributed by atoms with Gasteiger partial charge in [-0.1, -0.05) is 42.5 Å². The lowest BCUT2D eigenvalue weighted by Crippen LogP contribution is -2.34. The molecule has 0 fully saturated rings. The van der Waals surface area contributed by atoms with E-state index in [1.54, 1.807) is 0 Å². The highest BCUT2D eigenvalue weighted by Crippen LogP contribution is 2.34. The van der Waals surface area contributed by atoms with Crippen molar-refractivity contribution in [3.63, 3.8) is 0 Å². The summed E-state index contributed by atoms with van der Waals surface area (Å²) in [5.41, 5.74) is 0.838. The zero-order valence-corrected chi connectivity index (χ0v) is 9.82. The van der Waals surface area contributed by atoms with E-state index in [-0.39, 0.29) is 6.10 Å². The highest BCUT2D eigenvalue weighted by molar-refractivity contribution is 5.41. The smallest absolute Gasteiger partial charge is 0.163 e. The van der Waals surface area contributed by atoms with Gasteiger partial charge < -0.3 is 14.6 Å². The molecular weight excluding hydrogens is 228 g/mol. The van der Waals surface area contributed by atoms with Crippen LogP contribution in [-0.4, -0.2) is 17.8 Å². The van der Waals surface area contributed by atoms with Crippen LogP contribution in [0.15, 0.2) is 54.6 Å². The van der Waals surface area contributed by atoms with E-state index in [1.807, 2.05) is 54.6 Å². The number of fused-ring (bicyclic) bond motifs is 1. The first-order chi connectivity index (χ1) is 8.84. The van der Waals surface area contributed by atoms with E-state index in [1.165, 1.54) is 0 Å².